The topological polar surface area (TPSA) is 46.3 Å². The summed E-state index contributed by atoms with van der Waals surface area (Å²) >= 11 is 0. The number of carbonyl (C=O) groups excluding carboxylic acids is 1. The zero-order valence-electron chi connectivity index (χ0n) is 9.33. The van der Waals surface area contributed by atoms with Crippen molar-refractivity contribution in [3.05, 3.63) is 0 Å². The van der Waals surface area contributed by atoms with Crippen LogP contribution in [-0.2, 0) is 4.79 Å². The van der Waals surface area contributed by atoms with E-state index < -0.39 is 0 Å². The largest absolute Gasteiger partial charge is 0.341 e. The average Bonchev–Trinajstić information content (AvgIpc) is 2.47. The molecular formula is C11H22N2O. The van der Waals surface area contributed by atoms with Crippen LogP contribution < -0.4 is 5.73 Å². The van der Waals surface area contributed by atoms with Crippen LogP contribution in [0.1, 0.15) is 39.5 Å². The first kappa shape index (κ1) is 11.5. The van der Waals surface area contributed by atoms with Gasteiger partial charge in [-0.15, -0.1) is 0 Å². The second-order valence-corrected chi connectivity index (χ2v) is 4.33. The molecule has 1 rings (SSSR count). The summed E-state index contributed by atoms with van der Waals surface area (Å²) in [4.78, 5) is 13.5. The number of rotatable bonds is 5. The first-order valence-electron chi connectivity index (χ1n) is 5.70. The quantitative estimate of drug-likeness (QED) is 0.725. The number of nitrogens with two attached hydrogens (primary N) is 1. The molecule has 0 aromatic heterocycles. The van der Waals surface area contributed by atoms with Gasteiger partial charge in [-0.3, -0.25) is 4.79 Å². The van der Waals surface area contributed by atoms with Crippen molar-refractivity contribution in [3.8, 4) is 0 Å². The molecule has 14 heavy (non-hydrogen) atoms. The minimum atomic E-state index is 0.152. The van der Waals surface area contributed by atoms with E-state index in [0.29, 0.717) is 11.8 Å². The third-order valence-electron chi connectivity index (χ3n) is 2.97. The van der Waals surface area contributed by atoms with Gasteiger partial charge in [-0.2, -0.15) is 0 Å². The Balaban J connectivity index is 2.36. The van der Waals surface area contributed by atoms with E-state index in [4.69, 9.17) is 5.73 Å². The zero-order chi connectivity index (χ0) is 10.6. The Labute approximate surface area is 86.6 Å². The van der Waals surface area contributed by atoms with Crippen LogP contribution in [0.4, 0.5) is 0 Å². The van der Waals surface area contributed by atoms with Gasteiger partial charge in [0.25, 0.3) is 0 Å². The van der Waals surface area contributed by atoms with E-state index in [9.17, 15) is 4.79 Å². The monoisotopic (exact) mass is 198 g/mol. The fourth-order valence-electron chi connectivity index (χ4n) is 2.04. The number of nitrogens with zero attached hydrogens (tertiary/aromatic N) is 1. The smallest absolute Gasteiger partial charge is 0.222 e. The van der Waals surface area contributed by atoms with Crippen molar-refractivity contribution in [1.29, 1.82) is 0 Å². The Bertz CT molecular complexity index is 194. The molecule has 2 atom stereocenters. The summed E-state index contributed by atoms with van der Waals surface area (Å²) in [5.41, 5.74) is 5.84. The summed E-state index contributed by atoms with van der Waals surface area (Å²) in [6.07, 6.45) is 4.03. The highest BCUT2D eigenvalue weighted by Crippen LogP contribution is 2.22. The molecule has 1 aliphatic heterocycles. The van der Waals surface area contributed by atoms with Gasteiger partial charge in [-0.05, 0) is 18.8 Å². The number of likely N-dealkylation sites (tertiary alicyclic amines) is 1. The normalized spacial score (nSPS) is 24.4. The third-order valence-corrected chi connectivity index (χ3v) is 2.97. The molecule has 0 radical (unpaired) electrons. The molecule has 0 aliphatic carbocycles. The van der Waals surface area contributed by atoms with Crippen LogP contribution >= 0.6 is 0 Å². The zero-order valence-corrected chi connectivity index (χ0v) is 9.33. The minimum Gasteiger partial charge on any atom is -0.341 e. The first-order valence-corrected chi connectivity index (χ1v) is 5.70. The Morgan fingerprint density at radius 1 is 1.57 bits per heavy atom. The van der Waals surface area contributed by atoms with E-state index in [-0.39, 0.29) is 6.04 Å². The van der Waals surface area contributed by atoms with Gasteiger partial charge >= 0.3 is 0 Å². The van der Waals surface area contributed by atoms with Gasteiger partial charge in [0.2, 0.25) is 5.91 Å². The van der Waals surface area contributed by atoms with Crippen LogP contribution in [0.3, 0.4) is 0 Å². The van der Waals surface area contributed by atoms with Crippen molar-refractivity contribution in [3.63, 3.8) is 0 Å². The summed E-state index contributed by atoms with van der Waals surface area (Å²) in [6, 6.07) is 0.152. The predicted octanol–water partition coefficient (Wildman–Crippen LogP) is 1.37. The molecule has 0 aromatic carbocycles. The molecule has 0 bridgehead atoms. The molecule has 1 heterocycles. The highest BCUT2D eigenvalue weighted by molar-refractivity contribution is 5.78. The predicted molar refractivity (Wildman–Crippen MR) is 57.9 cm³/mol. The molecule has 0 aromatic rings. The summed E-state index contributed by atoms with van der Waals surface area (Å²) in [6.45, 7) is 5.91. The number of amides is 1. The van der Waals surface area contributed by atoms with Crippen molar-refractivity contribution < 1.29 is 4.79 Å². The van der Waals surface area contributed by atoms with E-state index in [1.807, 2.05) is 4.90 Å². The van der Waals surface area contributed by atoms with Gasteiger partial charge in [-0.1, -0.05) is 20.3 Å². The van der Waals surface area contributed by atoms with Gasteiger partial charge in [0.1, 0.15) is 0 Å². The fraction of sp³-hybridized carbons (Fsp3) is 0.909. The summed E-state index contributed by atoms with van der Waals surface area (Å²) in [5.74, 6) is 0.879. The van der Waals surface area contributed by atoms with E-state index in [0.717, 1.165) is 25.9 Å². The average molecular weight is 198 g/mol. The van der Waals surface area contributed by atoms with Crippen LogP contribution in [0.25, 0.3) is 0 Å². The number of carbonyl (C=O) groups is 1. The lowest BCUT2D eigenvalue weighted by Crippen LogP contribution is -2.38. The lowest BCUT2D eigenvalue weighted by molar-refractivity contribution is -0.127. The van der Waals surface area contributed by atoms with Crippen LogP contribution in [0.15, 0.2) is 0 Å². The second kappa shape index (κ2) is 5.35. The van der Waals surface area contributed by atoms with E-state index in [1.54, 1.807) is 0 Å². The Hall–Kier alpha value is -0.570. The molecule has 3 heteroatoms. The molecule has 0 saturated carbocycles. The highest BCUT2D eigenvalue weighted by atomic mass is 16.2. The van der Waals surface area contributed by atoms with Gasteiger partial charge in [0.15, 0.2) is 0 Å². The van der Waals surface area contributed by atoms with E-state index in [1.165, 1.54) is 12.8 Å². The molecule has 2 unspecified atom stereocenters. The van der Waals surface area contributed by atoms with Crippen LogP contribution in [0.5, 0.6) is 0 Å². The van der Waals surface area contributed by atoms with Gasteiger partial charge in [-0.25, -0.2) is 0 Å². The lowest BCUT2D eigenvalue weighted by Gasteiger charge is -2.20. The SMILES string of the molecule is CCCC1CC(=O)N(CC(N)CC)C1. The van der Waals surface area contributed by atoms with Crippen molar-refractivity contribution >= 4 is 5.91 Å². The Morgan fingerprint density at radius 2 is 2.29 bits per heavy atom. The summed E-state index contributed by atoms with van der Waals surface area (Å²) in [7, 11) is 0. The maximum Gasteiger partial charge on any atom is 0.222 e. The molecule has 1 aliphatic rings. The molecular weight excluding hydrogens is 176 g/mol. The fourth-order valence-corrected chi connectivity index (χ4v) is 2.04. The highest BCUT2D eigenvalue weighted by Gasteiger charge is 2.29. The lowest BCUT2D eigenvalue weighted by atomic mass is 10.0. The molecule has 0 spiro atoms. The standard InChI is InChI=1S/C11H22N2O/c1-3-5-9-6-11(14)13(7-9)8-10(12)4-2/h9-10H,3-8,12H2,1-2H3. The van der Waals surface area contributed by atoms with Crippen molar-refractivity contribution in [2.75, 3.05) is 13.1 Å². The van der Waals surface area contributed by atoms with Crippen LogP contribution in [-0.4, -0.2) is 29.9 Å². The maximum atomic E-state index is 11.6. The Morgan fingerprint density at radius 3 is 2.86 bits per heavy atom. The van der Waals surface area contributed by atoms with Crippen molar-refractivity contribution in [1.82, 2.24) is 4.90 Å². The number of hydrogen-bond donors (Lipinski definition) is 1. The van der Waals surface area contributed by atoms with Crippen LogP contribution in [0, 0.1) is 5.92 Å². The molecule has 1 amide bonds. The van der Waals surface area contributed by atoms with Gasteiger partial charge in [0.05, 0.1) is 0 Å². The second-order valence-electron chi connectivity index (χ2n) is 4.33. The number of hydrogen-bond acceptors (Lipinski definition) is 2. The van der Waals surface area contributed by atoms with Crippen molar-refractivity contribution in [2.24, 2.45) is 11.7 Å². The first-order chi connectivity index (χ1) is 6.67. The maximum absolute atomic E-state index is 11.6. The van der Waals surface area contributed by atoms with E-state index in [2.05, 4.69) is 13.8 Å². The summed E-state index contributed by atoms with van der Waals surface area (Å²) < 4.78 is 0. The van der Waals surface area contributed by atoms with Gasteiger partial charge in [0, 0.05) is 25.6 Å². The third kappa shape index (κ3) is 2.98. The molecule has 3 nitrogen and oxygen atoms in total. The minimum absolute atomic E-state index is 0.152. The van der Waals surface area contributed by atoms with Crippen molar-refractivity contribution in [2.45, 2.75) is 45.6 Å². The molecule has 82 valence electrons. The molecule has 1 saturated heterocycles. The van der Waals surface area contributed by atoms with Crippen LogP contribution in [0.2, 0.25) is 0 Å². The van der Waals surface area contributed by atoms with E-state index >= 15 is 0 Å². The van der Waals surface area contributed by atoms with Gasteiger partial charge < -0.3 is 10.6 Å². The summed E-state index contributed by atoms with van der Waals surface area (Å²) in [5, 5.41) is 0. The Kier molecular flexibility index (Phi) is 4.39. The molecule has 2 N–H and O–H groups in total. The molecule has 1 fully saturated rings.